The monoisotopic (exact) mass is 284 g/mol. The minimum atomic E-state index is -0.376. The second kappa shape index (κ2) is 5.38. The Morgan fingerprint density at radius 1 is 1.10 bits per heavy atom. The first-order chi connectivity index (χ1) is 10.2. The van der Waals surface area contributed by atoms with Crippen molar-refractivity contribution in [1.82, 2.24) is 4.98 Å². The third-order valence-corrected chi connectivity index (χ3v) is 3.11. The summed E-state index contributed by atoms with van der Waals surface area (Å²) in [5.41, 5.74) is 6.76. The van der Waals surface area contributed by atoms with Gasteiger partial charge >= 0.3 is 0 Å². The van der Waals surface area contributed by atoms with E-state index in [1.165, 1.54) is 18.2 Å². The molecule has 0 aliphatic carbocycles. The SMILES string of the molecule is NCc1cc(=O)c2cc(Oc3cccc(F)c3)ccc2[nH]1. The summed E-state index contributed by atoms with van der Waals surface area (Å²) in [6.07, 6.45) is 0. The van der Waals surface area contributed by atoms with Gasteiger partial charge in [0.1, 0.15) is 17.3 Å². The Morgan fingerprint density at radius 2 is 1.90 bits per heavy atom. The molecule has 0 fully saturated rings. The number of benzene rings is 2. The van der Waals surface area contributed by atoms with Crippen molar-refractivity contribution in [3.63, 3.8) is 0 Å². The van der Waals surface area contributed by atoms with Crippen molar-refractivity contribution in [1.29, 1.82) is 0 Å². The number of ether oxygens (including phenoxy) is 1. The molecule has 0 atom stereocenters. The predicted octanol–water partition coefficient (Wildman–Crippen LogP) is 2.92. The van der Waals surface area contributed by atoms with E-state index in [1.54, 1.807) is 30.3 Å². The molecule has 0 spiro atoms. The molecule has 0 saturated heterocycles. The van der Waals surface area contributed by atoms with Gasteiger partial charge < -0.3 is 15.5 Å². The first kappa shape index (κ1) is 13.3. The summed E-state index contributed by atoms with van der Waals surface area (Å²) in [7, 11) is 0. The van der Waals surface area contributed by atoms with Gasteiger partial charge in [0, 0.05) is 35.3 Å². The van der Waals surface area contributed by atoms with Crippen LogP contribution in [0.1, 0.15) is 5.69 Å². The minimum Gasteiger partial charge on any atom is -0.457 e. The first-order valence-corrected chi connectivity index (χ1v) is 6.45. The Bertz CT molecular complexity index is 858. The Balaban J connectivity index is 2.01. The Morgan fingerprint density at radius 3 is 2.67 bits per heavy atom. The standard InChI is InChI=1S/C16H13FN2O2/c17-10-2-1-3-12(6-10)21-13-4-5-15-14(8-13)16(20)7-11(9-18)19-15/h1-8H,9,18H2,(H,19,20). The van der Waals surface area contributed by atoms with Gasteiger partial charge in [-0.1, -0.05) is 6.07 Å². The minimum absolute atomic E-state index is 0.131. The third-order valence-electron chi connectivity index (χ3n) is 3.11. The molecule has 0 saturated carbocycles. The lowest BCUT2D eigenvalue weighted by Crippen LogP contribution is -2.08. The smallest absolute Gasteiger partial charge is 0.189 e. The van der Waals surface area contributed by atoms with Gasteiger partial charge in [-0.3, -0.25) is 4.79 Å². The van der Waals surface area contributed by atoms with E-state index in [-0.39, 0.29) is 17.8 Å². The molecule has 1 heterocycles. The fourth-order valence-electron chi connectivity index (χ4n) is 2.12. The molecule has 106 valence electrons. The molecular formula is C16H13FN2O2. The van der Waals surface area contributed by atoms with Gasteiger partial charge in [-0.05, 0) is 30.3 Å². The van der Waals surface area contributed by atoms with E-state index in [4.69, 9.17) is 10.5 Å². The van der Waals surface area contributed by atoms with Crippen LogP contribution in [0.2, 0.25) is 0 Å². The molecule has 21 heavy (non-hydrogen) atoms. The molecule has 3 N–H and O–H groups in total. The van der Waals surface area contributed by atoms with Gasteiger partial charge in [0.2, 0.25) is 0 Å². The molecule has 0 amide bonds. The topological polar surface area (TPSA) is 68.1 Å². The Kier molecular flexibility index (Phi) is 3.41. The van der Waals surface area contributed by atoms with Crippen molar-refractivity contribution in [2.24, 2.45) is 5.73 Å². The maximum atomic E-state index is 13.1. The highest BCUT2D eigenvalue weighted by Gasteiger charge is 2.05. The molecule has 0 radical (unpaired) electrons. The fraction of sp³-hybridized carbons (Fsp3) is 0.0625. The number of pyridine rings is 1. The van der Waals surface area contributed by atoms with Crippen molar-refractivity contribution >= 4 is 10.9 Å². The average molecular weight is 284 g/mol. The second-order valence-electron chi connectivity index (χ2n) is 4.63. The van der Waals surface area contributed by atoms with E-state index in [9.17, 15) is 9.18 Å². The number of fused-ring (bicyclic) bond motifs is 1. The van der Waals surface area contributed by atoms with Gasteiger partial charge in [0.25, 0.3) is 0 Å². The van der Waals surface area contributed by atoms with E-state index in [0.29, 0.717) is 28.1 Å². The van der Waals surface area contributed by atoms with Crippen LogP contribution in [0.25, 0.3) is 10.9 Å². The van der Waals surface area contributed by atoms with Crippen LogP contribution < -0.4 is 15.9 Å². The summed E-state index contributed by atoms with van der Waals surface area (Å²) in [6.45, 7) is 0.271. The lowest BCUT2D eigenvalue weighted by Gasteiger charge is -2.07. The van der Waals surface area contributed by atoms with Gasteiger partial charge in [-0.2, -0.15) is 0 Å². The van der Waals surface area contributed by atoms with Gasteiger partial charge in [-0.25, -0.2) is 4.39 Å². The average Bonchev–Trinajstić information content (AvgIpc) is 2.47. The van der Waals surface area contributed by atoms with Crippen LogP contribution in [0, 0.1) is 5.82 Å². The van der Waals surface area contributed by atoms with E-state index >= 15 is 0 Å². The van der Waals surface area contributed by atoms with E-state index in [2.05, 4.69) is 4.98 Å². The molecule has 5 heteroatoms. The summed E-state index contributed by atoms with van der Waals surface area (Å²) in [5, 5.41) is 0.501. The molecule has 3 aromatic rings. The van der Waals surface area contributed by atoms with E-state index in [0.717, 1.165) is 0 Å². The molecule has 0 bridgehead atoms. The normalized spacial score (nSPS) is 10.8. The van der Waals surface area contributed by atoms with Crippen LogP contribution in [-0.2, 0) is 6.54 Å². The molecule has 0 unspecified atom stereocenters. The van der Waals surface area contributed by atoms with Crippen molar-refractivity contribution in [3.8, 4) is 11.5 Å². The fourth-order valence-corrected chi connectivity index (χ4v) is 2.12. The number of nitrogens with one attached hydrogen (secondary N) is 1. The van der Waals surface area contributed by atoms with Gasteiger partial charge in [0.05, 0.1) is 0 Å². The zero-order chi connectivity index (χ0) is 14.8. The van der Waals surface area contributed by atoms with Crippen LogP contribution in [0.4, 0.5) is 4.39 Å². The second-order valence-corrected chi connectivity index (χ2v) is 4.63. The van der Waals surface area contributed by atoms with Crippen LogP contribution in [0.3, 0.4) is 0 Å². The number of aromatic nitrogens is 1. The van der Waals surface area contributed by atoms with Gasteiger partial charge in [0.15, 0.2) is 5.43 Å². The van der Waals surface area contributed by atoms with E-state index in [1.807, 2.05) is 0 Å². The molecule has 3 rings (SSSR count). The summed E-state index contributed by atoms with van der Waals surface area (Å²) in [6, 6.07) is 12.4. The molecule has 0 aliphatic heterocycles. The quantitative estimate of drug-likeness (QED) is 0.777. The first-order valence-electron chi connectivity index (χ1n) is 6.45. The molecular weight excluding hydrogens is 271 g/mol. The molecule has 0 aliphatic rings. The largest absolute Gasteiger partial charge is 0.457 e. The highest BCUT2D eigenvalue weighted by atomic mass is 19.1. The Labute approximate surface area is 120 Å². The number of hydrogen-bond acceptors (Lipinski definition) is 3. The lowest BCUT2D eigenvalue weighted by molar-refractivity contribution is 0.477. The number of halogens is 1. The van der Waals surface area contributed by atoms with Crippen LogP contribution in [0.15, 0.2) is 53.3 Å². The van der Waals surface area contributed by atoms with Crippen molar-refractivity contribution in [2.45, 2.75) is 6.54 Å². The molecule has 4 nitrogen and oxygen atoms in total. The molecule has 2 aromatic carbocycles. The van der Waals surface area contributed by atoms with E-state index < -0.39 is 0 Å². The zero-order valence-electron chi connectivity index (χ0n) is 11.1. The summed E-state index contributed by atoms with van der Waals surface area (Å²) in [4.78, 5) is 15.1. The van der Waals surface area contributed by atoms with Crippen LogP contribution >= 0.6 is 0 Å². The van der Waals surface area contributed by atoms with Crippen LogP contribution in [0.5, 0.6) is 11.5 Å². The maximum Gasteiger partial charge on any atom is 0.189 e. The lowest BCUT2D eigenvalue weighted by atomic mass is 10.2. The highest BCUT2D eigenvalue weighted by molar-refractivity contribution is 5.80. The number of H-pyrrole nitrogens is 1. The summed E-state index contributed by atoms with van der Waals surface area (Å²) < 4.78 is 18.7. The number of nitrogens with two attached hydrogens (primary N) is 1. The van der Waals surface area contributed by atoms with Crippen molar-refractivity contribution in [2.75, 3.05) is 0 Å². The van der Waals surface area contributed by atoms with Gasteiger partial charge in [-0.15, -0.1) is 0 Å². The summed E-state index contributed by atoms with van der Waals surface area (Å²) in [5.74, 6) is 0.474. The highest BCUT2D eigenvalue weighted by Crippen LogP contribution is 2.24. The van der Waals surface area contributed by atoms with Crippen LogP contribution in [-0.4, -0.2) is 4.98 Å². The zero-order valence-corrected chi connectivity index (χ0v) is 11.1. The third kappa shape index (κ3) is 2.78. The number of rotatable bonds is 3. The number of hydrogen-bond donors (Lipinski definition) is 2. The predicted molar refractivity (Wildman–Crippen MR) is 78.9 cm³/mol. The molecule has 1 aromatic heterocycles. The number of aromatic amines is 1. The Hall–Kier alpha value is -2.66. The maximum absolute atomic E-state index is 13.1. The van der Waals surface area contributed by atoms with Crippen molar-refractivity contribution < 1.29 is 9.13 Å². The summed E-state index contributed by atoms with van der Waals surface area (Å²) >= 11 is 0. The van der Waals surface area contributed by atoms with Crippen molar-refractivity contribution in [3.05, 3.63) is 70.3 Å².